The Bertz CT molecular complexity index is 552. The SMILES string of the molecule is CC1(C)OB(c2ccc3c(c2)CCNC3=O)OC1(C)C. The molecular formula is C15H20BNO3. The fourth-order valence-electron chi connectivity index (χ4n) is 2.57. The fourth-order valence-corrected chi connectivity index (χ4v) is 2.57. The summed E-state index contributed by atoms with van der Waals surface area (Å²) in [7, 11) is -0.365. The maximum Gasteiger partial charge on any atom is 0.494 e. The zero-order valence-electron chi connectivity index (χ0n) is 12.4. The molecule has 0 spiro atoms. The first-order valence-electron chi connectivity index (χ1n) is 7.07. The molecule has 1 aromatic rings. The lowest BCUT2D eigenvalue weighted by Gasteiger charge is -2.32. The van der Waals surface area contributed by atoms with Gasteiger partial charge in [-0.3, -0.25) is 4.79 Å². The molecule has 0 aromatic heterocycles. The van der Waals surface area contributed by atoms with Crippen molar-refractivity contribution in [1.29, 1.82) is 0 Å². The van der Waals surface area contributed by atoms with E-state index in [4.69, 9.17) is 9.31 Å². The molecule has 0 unspecified atom stereocenters. The average Bonchev–Trinajstić information content (AvgIpc) is 2.58. The first-order valence-corrected chi connectivity index (χ1v) is 7.07. The summed E-state index contributed by atoms with van der Waals surface area (Å²) in [6.07, 6.45) is 0.856. The van der Waals surface area contributed by atoms with Crippen LogP contribution in [0.2, 0.25) is 0 Å². The molecule has 20 heavy (non-hydrogen) atoms. The summed E-state index contributed by atoms with van der Waals surface area (Å²) in [5.41, 5.74) is 2.13. The molecule has 0 atom stereocenters. The summed E-state index contributed by atoms with van der Waals surface area (Å²) >= 11 is 0. The van der Waals surface area contributed by atoms with E-state index in [-0.39, 0.29) is 24.2 Å². The zero-order chi connectivity index (χ0) is 14.5. The van der Waals surface area contributed by atoms with Crippen molar-refractivity contribution in [2.75, 3.05) is 6.54 Å². The molecule has 5 heteroatoms. The second-order valence-electron chi connectivity index (χ2n) is 6.51. The Labute approximate surface area is 120 Å². The van der Waals surface area contributed by atoms with Gasteiger partial charge in [-0.1, -0.05) is 12.1 Å². The maximum atomic E-state index is 11.8. The van der Waals surface area contributed by atoms with Gasteiger partial charge in [0.2, 0.25) is 0 Å². The van der Waals surface area contributed by atoms with E-state index in [9.17, 15) is 4.79 Å². The molecule has 0 radical (unpaired) electrons. The third kappa shape index (κ3) is 2.05. The Balaban J connectivity index is 1.92. The van der Waals surface area contributed by atoms with Crippen molar-refractivity contribution in [2.45, 2.75) is 45.3 Å². The van der Waals surface area contributed by atoms with E-state index >= 15 is 0 Å². The minimum absolute atomic E-state index is 0.00622. The van der Waals surface area contributed by atoms with Crippen molar-refractivity contribution >= 4 is 18.5 Å². The molecule has 4 nitrogen and oxygen atoms in total. The normalized spacial score (nSPS) is 23.4. The summed E-state index contributed by atoms with van der Waals surface area (Å²) < 4.78 is 12.1. The molecule has 2 aliphatic heterocycles. The van der Waals surface area contributed by atoms with E-state index < -0.39 is 0 Å². The van der Waals surface area contributed by atoms with Crippen molar-refractivity contribution in [3.8, 4) is 0 Å². The molecule has 1 amide bonds. The monoisotopic (exact) mass is 273 g/mol. The Morgan fingerprint density at radius 3 is 2.45 bits per heavy atom. The van der Waals surface area contributed by atoms with Crippen molar-refractivity contribution in [1.82, 2.24) is 5.32 Å². The number of rotatable bonds is 1. The molecule has 2 aliphatic rings. The average molecular weight is 273 g/mol. The van der Waals surface area contributed by atoms with Crippen LogP contribution in [0.25, 0.3) is 0 Å². The standard InChI is InChI=1S/C15H20BNO3/c1-14(2)15(3,4)20-16(19-14)11-5-6-12-10(9-11)7-8-17-13(12)18/h5-6,9H,7-8H2,1-4H3,(H,17,18). The minimum Gasteiger partial charge on any atom is -0.399 e. The van der Waals surface area contributed by atoms with Gasteiger partial charge in [-0.2, -0.15) is 0 Å². The molecule has 1 fully saturated rings. The summed E-state index contributed by atoms with van der Waals surface area (Å²) in [4.78, 5) is 11.8. The topological polar surface area (TPSA) is 47.6 Å². The largest absolute Gasteiger partial charge is 0.494 e. The number of hydrogen-bond acceptors (Lipinski definition) is 3. The van der Waals surface area contributed by atoms with Gasteiger partial charge in [0.15, 0.2) is 0 Å². The van der Waals surface area contributed by atoms with E-state index in [1.165, 1.54) is 0 Å². The van der Waals surface area contributed by atoms with Crippen molar-refractivity contribution in [3.63, 3.8) is 0 Å². The number of carbonyl (C=O) groups excluding carboxylic acids is 1. The van der Waals surface area contributed by atoms with Crippen LogP contribution in [0.4, 0.5) is 0 Å². The molecule has 3 rings (SSSR count). The van der Waals surface area contributed by atoms with Crippen LogP contribution in [-0.4, -0.2) is 30.8 Å². The summed E-state index contributed by atoms with van der Waals surface area (Å²) in [6.45, 7) is 8.86. The lowest BCUT2D eigenvalue weighted by atomic mass is 9.77. The third-order valence-corrected chi connectivity index (χ3v) is 4.58. The summed E-state index contributed by atoms with van der Waals surface area (Å²) in [5.74, 6) is 0.00622. The lowest BCUT2D eigenvalue weighted by molar-refractivity contribution is 0.00578. The van der Waals surface area contributed by atoms with Gasteiger partial charge in [0, 0.05) is 12.1 Å². The van der Waals surface area contributed by atoms with Gasteiger partial charge < -0.3 is 14.6 Å². The van der Waals surface area contributed by atoms with Gasteiger partial charge in [0.25, 0.3) is 5.91 Å². The Hall–Kier alpha value is -1.33. The van der Waals surface area contributed by atoms with Gasteiger partial charge in [-0.15, -0.1) is 0 Å². The highest BCUT2D eigenvalue weighted by atomic mass is 16.7. The smallest absolute Gasteiger partial charge is 0.399 e. The van der Waals surface area contributed by atoms with Crippen molar-refractivity contribution in [2.24, 2.45) is 0 Å². The number of fused-ring (bicyclic) bond motifs is 1. The van der Waals surface area contributed by atoms with E-state index in [0.29, 0.717) is 6.54 Å². The van der Waals surface area contributed by atoms with Gasteiger partial charge >= 0.3 is 7.12 Å². The molecule has 2 heterocycles. The van der Waals surface area contributed by atoms with E-state index in [2.05, 4.69) is 5.32 Å². The van der Waals surface area contributed by atoms with Crippen LogP contribution in [0.1, 0.15) is 43.6 Å². The first kappa shape index (κ1) is 13.6. The highest BCUT2D eigenvalue weighted by Gasteiger charge is 2.51. The molecule has 1 saturated heterocycles. The van der Waals surface area contributed by atoms with E-state index in [0.717, 1.165) is 23.0 Å². The predicted molar refractivity (Wildman–Crippen MR) is 78.2 cm³/mol. The van der Waals surface area contributed by atoms with Crippen LogP contribution in [0.5, 0.6) is 0 Å². The van der Waals surface area contributed by atoms with Crippen LogP contribution in [0, 0.1) is 0 Å². The highest BCUT2D eigenvalue weighted by molar-refractivity contribution is 6.62. The number of amides is 1. The van der Waals surface area contributed by atoms with Crippen LogP contribution in [0.3, 0.4) is 0 Å². The van der Waals surface area contributed by atoms with Gasteiger partial charge in [-0.25, -0.2) is 0 Å². The summed E-state index contributed by atoms with van der Waals surface area (Å²) in [6, 6.07) is 5.83. The Morgan fingerprint density at radius 2 is 1.80 bits per heavy atom. The second kappa shape index (κ2) is 4.33. The van der Waals surface area contributed by atoms with Crippen molar-refractivity contribution < 1.29 is 14.1 Å². The molecule has 106 valence electrons. The van der Waals surface area contributed by atoms with E-state index in [1.807, 2.05) is 45.9 Å². The maximum absolute atomic E-state index is 11.8. The molecular weight excluding hydrogens is 253 g/mol. The van der Waals surface area contributed by atoms with Crippen LogP contribution in [-0.2, 0) is 15.7 Å². The van der Waals surface area contributed by atoms with Gasteiger partial charge in [0.05, 0.1) is 11.2 Å². The van der Waals surface area contributed by atoms with Crippen LogP contribution >= 0.6 is 0 Å². The summed E-state index contributed by atoms with van der Waals surface area (Å²) in [5, 5.41) is 2.85. The third-order valence-electron chi connectivity index (χ3n) is 4.58. The molecule has 1 N–H and O–H groups in total. The minimum atomic E-state index is -0.365. The molecule has 1 aromatic carbocycles. The Kier molecular flexibility index (Phi) is 2.96. The zero-order valence-corrected chi connectivity index (χ0v) is 12.4. The Morgan fingerprint density at radius 1 is 1.15 bits per heavy atom. The number of carbonyl (C=O) groups is 1. The number of hydrogen-bond donors (Lipinski definition) is 1. The first-order chi connectivity index (χ1) is 9.30. The van der Waals surface area contributed by atoms with Gasteiger partial charge in [0.1, 0.15) is 0 Å². The van der Waals surface area contributed by atoms with Gasteiger partial charge in [-0.05, 0) is 51.2 Å². The highest BCUT2D eigenvalue weighted by Crippen LogP contribution is 2.36. The van der Waals surface area contributed by atoms with Crippen LogP contribution in [0.15, 0.2) is 18.2 Å². The van der Waals surface area contributed by atoms with E-state index in [1.54, 1.807) is 0 Å². The molecule has 0 aliphatic carbocycles. The lowest BCUT2D eigenvalue weighted by Crippen LogP contribution is -2.41. The molecule has 0 saturated carbocycles. The second-order valence-corrected chi connectivity index (χ2v) is 6.51. The van der Waals surface area contributed by atoms with Crippen LogP contribution < -0.4 is 10.8 Å². The predicted octanol–water partition coefficient (Wildman–Crippen LogP) is 1.27. The number of nitrogens with one attached hydrogen (secondary N) is 1. The fraction of sp³-hybridized carbons (Fsp3) is 0.533. The number of benzene rings is 1. The quantitative estimate of drug-likeness (QED) is 0.784. The van der Waals surface area contributed by atoms with Crippen molar-refractivity contribution in [3.05, 3.63) is 29.3 Å². The molecule has 0 bridgehead atoms.